The smallest absolute Gasteiger partial charge is 0.251 e. The predicted molar refractivity (Wildman–Crippen MR) is 76.9 cm³/mol. The highest BCUT2D eigenvalue weighted by atomic mass is 79.9. The zero-order chi connectivity index (χ0) is 13.4. The zero-order valence-electron chi connectivity index (χ0n) is 10.7. The van der Waals surface area contributed by atoms with Crippen LogP contribution in [-0.4, -0.2) is 24.2 Å². The summed E-state index contributed by atoms with van der Waals surface area (Å²) in [6, 6.07) is 7.56. The molecule has 0 radical (unpaired) electrons. The largest absolute Gasteiger partial charge is 0.396 e. The van der Waals surface area contributed by atoms with Gasteiger partial charge in [-0.1, -0.05) is 35.0 Å². The average molecular weight is 314 g/mol. The Morgan fingerprint density at radius 1 is 1.39 bits per heavy atom. The Kier molecular flexibility index (Phi) is 6.98. The number of rotatable bonds is 7. The summed E-state index contributed by atoms with van der Waals surface area (Å²) in [4.78, 5) is 11.8. The molecule has 0 fully saturated rings. The van der Waals surface area contributed by atoms with E-state index in [0.717, 1.165) is 23.7 Å². The highest BCUT2D eigenvalue weighted by molar-refractivity contribution is 9.08. The summed E-state index contributed by atoms with van der Waals surface area (Å²) in [6.45, 7) is 2.87. The van der Waals surface area contributed by atoms with E-state index < -0.39 is 0 Å². The number of carbonyl (C=O) groups excluding carboxylic acids is 1. The molecule has 0 bridgehead atoms. The fourth-order valence-electron chi connectivity index (χ4n) is 1.59. The van der Waals surface area contributed by atoms with E-state index in [2.05, 4.69) is 21.2 Å². The number of amides is 1. The molecule has 0 aromatic heterocycles. The van der Waals surface area contributed by atoms with Crippen molar-refractivity contribution in [1.82, 2.24) is 5.32 Å². The van der Waals surface area contributed by atoms with E-state index >= 15 is 0 Å². The number of aliphatic hydroxyl groups excluding tert-OH is 1. The first-order chi connectivity index (χ1) is 8.67. The summed E-state index contributed by atoms with van der Waals surface area (Å²) in [5, 5.41) is 12.6. The van der Waals surface area contributed by atoms with E-state index in [1.54, 1.807) is 0 Å². The number of halogens is 1. The lowest BCUT2D eigenvalue weighted by Crippen LogP contribution is -2.24. The molecule has 2 N–H and O–H groups in total. The molecule has 0 saturated heterocycles. The van der Waals surface area contributed by atoms with Gasteiger partial charge in [0.1, 0.15) is 0 Å². The molecule has 0 aliphatic carbocycles. The van der Waals surface area contributed by atoms with Crippen LogP contribution in [0.2, 0.25) is 0 Å². The number of hydrogen-bond acceptors (Lipinski definition) is 2. The van der Waals surface area contributed by atoms with Crippen molar-refractivity contribution >= 4 is 21.8 Å². The lowest BCUT2D eigenvalue weighted by Gasteiger charge is -2.08. The lowest BCUT2D eigenvalue weighted by atomic mass is 10.1. The van der Waals surface area contributed by atoms with E-state index in [1.165, 1.54) is 0 Å². The van der Waals surface area contributed by atoms with Gasteiger partial charge in [-0.2, -0.15) is 0 Å². The lowest BCUT2D eigenvalue weighted by molar-refractivity contribution is 0.0952. The van der Waals surface area contributed by atoms with Gasteiger partial charge >= 0.3 is 0 Å². The minimum absolute atomic E-state index is 0.0345. The van der Waals surface area contributed by atoms with Gasteiger partial charge in [0.05, 0.1) is 0 Å². The maximum atomic E-state index is 11.8. The molecule has 3 nitrogen and oxygen atoms in total. The maximum Gasteiger partial charge on any atom is 0.251 e. The minimum Gasteiger partial charge on any atom is -0.396 e. The summed E-state index contributed by atoms with van der Waals surface area (Å²) in [6.07, 6.45) is 1.83. The van der Waals surface area contributed by atoms with Crippen molar-refractivity contribution in [2.45, 2.75) is 25.1 Å². The Morgan fingerprint density at radius 2 is 2.06 bits per heavy atom. The van der Waals surface area contributed by atoms with Crippen LogP contribution in [0.3, 0.4) is 0 Å². The van der Waals surface area contributed by atoms with Gasteiger partial charge in [0.15, 0.2) is 0 Å². The number of nitrogens with one attached hydrogen (secondary N) is 1. The highest BCUT2D eigenvalue weighted by Crippen LogP contribution is 2.08. The number of alkyl halides is 1. The van der Waals surface area contributed by atoms with Crippen molar-refractivity contribution < 1.29 is 9.90 Å². The summed E-state index contributed by atoms with van der Waals surface area (Å²) < 4.78 is 0. The quantitative estimate of drug-likeness (QED) is 0.600. The highest BCUT2D eigenvalue weighted by Gasteiger charge is 2.05. The number of carbonyl (C=O) groups is 1. The molecule has 1 atom stereocenters. The van der Waals surface area contributed by atoms with Crippen molar-refractivity contribution in [3.63, 3.8) is 0 Å². The minimum atomic E-state index is -0.0345. The van der Waals surface area contributed by atoms with E-state index in [4.69, 9.17) is 5.11 Å². The Bertz CT molecular complexity index is 365. The van der Waals surface area contributed by atoms with Crippen LogP contribution in [0, 0.1) is 5.92 Å². The summed E-state index contributed by atoms with van der Waals surface area (Å²) in [7, 11) is 0. The molecule has 1 rings (SSSR count). The second-order valence-electron chi connectivity index (χ2n) is 4.52. The van der Waals surface area contributed by atoms with Gasteiger partial charge in [-0.3, -0.25) is 4.79 Å². The third-order valence-electron chi connectivity index (χ3n) is 2.84. The van der Waals surface area contributed by atoms with E-state index in [1.807, 2.05) is 31.2 Å². The van der Waals surface area contributed by atoms with Crippen LogP contribution < -0.4 is 5.32 Å². The summed E-state index contributed by atoms with van der Waals surface area (Å²) in [5.74, 6) is 0.271. The fraction of sp³-hybridized carbons (Fsp3) is 0.500. The molecule has 0 aliphatic rings. The molecular formula is C14H20BrNO2. The SMILES string of the molecule is CC(CO)CCCNC(=O)c1ccc(CBr)cc1. The average Bonchev–Trinajstić information content (AvgIpc) is 2.43. The van der Waals surface area contributed by atoms with Gasteiger partial charge in [-0.15, -0.1) is 0 Å². The van der Waals surface area contributed by atoms with E-state index in [0.29, 0.717) is 18.0 Å². The Labute approximate surface area is 117 Å². The van der Waals surface area contributed by atoms with Crippen molar-refractivity contribution in [2.24, 2.45) is 5.92 Å². The van der Waals surface area contributed by atoms with Crippen molar-refractivity contribution in [3.8, 4) is 0 Å². The molecule has 0 aliphatic heterocycles. The second-order valence-corrected chi connectivity index (χ2v) is 5.08. The van der Waals surface area contributed by atoms with Crippen LogP contribution in [0.5, 0.6) is 0 Å². The monoisotopic (exact) mass is 313 g/mol. The molecule has 1 aromatic carbocycles. The van der Waals surface area contributed by atoms with Crippen LogP contribution in [0.1, 0.15) is 35.7 Å². The van der Waals surface area contributed by atoms with Crippen LogP contribution in [-0.2, 0) is 5.33 Å². The van der Waals surface area contributed by atoms with E-state index in [-0.39, 0.29) is 12.5 Å². The molecule has 1 aromatic rings. The van der Waals surface area contributed by atoms with Crippen LogP contribution in [0.25, 0.3) is 0 Å². The first kappa shape index (κ1) is 15.2. The molecule has 1 unspecified atom stereocenters. The van der Waals surface area contributed by atoms with Gasteiger partial charge in [0.2, 0.25) is 0 Å². The summed E-state index contributed by atoms with van der Waals surface area (Å²) >= 11 is 3.37. The molecule has 18 heavy (non-hydrogen) atoms. The third kappa shape index (κ3) is 5.19. The normalized spacial score (nSPS) is 12.2. The van der Waals surface area contributed by atoms with E-state index in [9.17, 15) is 4.79 Å². The third-order valence-corrected chi connectivity index (χ3v) is 3.49. The molecule has 100 valence electrons. The van der Waals surface area contributed by atoms with Gasteiger partial charge in [0, 0.05) is 24.0 Å². The molecule has 4 heteroatoms. The first-order valence-corrected chi connectivity index (χ1v) is 7.33. The van der Waals surface area contributed by atoms with Crippen molar-refractivity contribution in [1.29, 1.82) is 0 Å². The fourth-order valence-corrected chi connectivity index (χ4v) is 1.96. The molecule has 1 amide bonds. The molecular weight excluding hydrogens is 294 g/mol. The maximum absolute atomic E-state index is 11.8. The predicted octanol–water partition coefficient (Wildman–Crippen LogP) is 2.72. The number of hydrogen-bond donors (Lipinski definition) is 2. The molecule has 0 heterocycles. The summed E-state index contributed by atoms with van der Waals surface area (Å²) in [5.41, 5.74) is 1.85. The Morgan fingerprint density at radius 3 is 2.61 bits per heavy atom. The van der Waals surface area contributed by atoms with Gasteiger partial charge in [0.25, 0.3) is 5.91 Å². The Balaban J connectivity index is 2.31. The number of benzene rings is 1. The van der Waals surface area contributed by atoms with Crippen LogP contribution in [0.15, 0.2) is 24.3 Å². The van der Waals surface area contributed by atoms with Crippen molar-refractivity contribution in [3.05, 3.63) is 35.4 Å². The first-order valence-electron chi connectivity index (χ1n) is 6.21. The number of aliphatic hydroxyl groups is 1. The van der Waals surface area contributed by atoms with Gasteiger partial charge < -0.3 is 10.4 Å². The van der Waals surface area contributed by atoms with Gasteiger partial charge in [-0.05, 0) is 36.5 Å². The van der Waals surface area contributed by atoms with Crippen LogP contribution in [0.4, 0.5) is 0 Å². The Hall–Kier alpha value is -0.870. The van der Waals surface area contributed by atoms with Crippen LogP contribution >= 0.6 is 15.9 Å². The van der Waals surface area contributed by atoms with Crippen molar-refractivity contribution in [2.75, 3.05) is 13.2 Å². The molecule has 0 spiro atoms. The van der Waals surface area contributed by atoms with Gasteiger partial charge in [-0.25, -0.2) is 0 Å². The topological polar surface area (TPSA) is 49.3 Å². The molecule has 0 saturated carbocycles. The zero-order valence-corrected chi connectivity index (χ0v) is 12.2. The standard InChI is InChI=1S/C14H20BrNO2/c1-11(10-17)3-2-8-16-14(18)13-6-4-12(9-15)5-7-13/h4-7,11,17H,2-3,8-10H2,1H3,(H,16,18). The second kappa shape index (κ2) is 8.27.